The summed E-state index contributed by atoms with van der Waals surface area (Å²) in [5.74, 6) is -0.572. The zero-order chi connectivity index (χ0) is 14.7. The van der Waals surface area contributed by atoms with Gasteiger partial charge < -0.3 is 9.47 Å². The van der Waals surface area contributed by atoms with E-state index in [0.717, 1.165) is 19.3 Å². The Labute approximate surface area is 138 Å². The van der Waals surface area contributed by atoms with Crippen LogP contribution in [0.3, 0.4) is 0 Å². The number of carbonyl (C=O) groups is 2. The van der Waals surface area contributed by atoms with Gasteiger partial charge in [0.1, 0.15) is 18.5 Å². The van der Waals surface area contributed by atoms with Crippen LogP contribution in [0.4, 0.5) is 0 Å². The smallest absolute Gasteiger partial charge is 0.316 e. The maximum atomic E-state index is 11.4. The van der Waals surface area contributed by atoms with Crippen LogP contribution < -0.4 is 0 Å². The minimum atomic E-state index is -0.353. The van der Waals surface area contributed by atoms with Crippen LogP contribution in [0.15, 0.2) is 8.96 Å². The van der Waals surface area contributed by atoms with Crippen LogP contribution in [-0.2, 0) is 19.1 Å². The van der Waals surface area contributed by atoms with Crippen LogP contribution >= 0.6 is 47.8 Å². The molecule has 0 saturated carbocycles. The van der Waals surface area contributed by atoms with Gasteiger partial charge in [-0.3, -0.25) is 9.59 Å². The molecule has 0 N–H and O–H groups in total. The number of esters is 2. The molecule has 0 unspecified atom stereocenters. The third-order valence-corrected chi connectivity index (χ3v) is 4.51. The van der Waals surface area contributed by atoms with Gasteiger partial charge in [0.25, 0.3) is 0 Å². The highest BCUT2D eigenvalue weighted by Crippen LogP contribution is 2.19. The van der Waals surface area contributed by atoms with E-state index in [0.29, 0.717) is 15.4 Å². The predicted octanol–water partition coefficient (Wildman–Crippen LogP) is 4.05. The standard InChI is InChI=1S/C12H17Br3O4/c1-2-3-4-5-11(16)18-7-9(14)10(15)8-19-12(17)6-13/h2-8H2,1H3/b10-9+. The van der Waals surface area contributed by atoms with Crippen molar-refractivity contribution in [1.29, 1.82) is 0 Å². The highest BCUT2D eigenvalue weighted by molar-refractivity contribution is 9.14. The molecule has 0 radical (unpaired) electrons. The Kier molecular flexibility index (Phi) is 12.0. The van der Waals surface area contributed by atoms with E-state index in [-0.39, 0.29) is 30.5 Å². The molecule has 7 heteroatoms. The number of halogens is 3. The molecule has 0 rings (SSSR count). The Hall–Kier alpha value is 0.120. The molecule has 0 aromatic rings. The van der Waals surface area contributed by atoms with E-state index >= 15 is 0 Å². The lowest BCUT2D eigenvalue weighted by molar-refractivity contribution is -0.143. The minimum absolute atomic E-state index is 0.110. The molecule has 0 atom stereocenters. The fourth-order valence-corrected chi connectivity index (χ4v) is 1.69. The number of hydrogen-bond donors (Lipinski definition) is 0. The lowest BCUT2D eigenvalue weighted by Gasteiger charge is -2.07. The first-order valence-corrected chi connectivity index (χ1v) is 8.62. The number of hydrogen-bond acceptors (Lipinski definition) is 4. The van der Waals surface area contributed by atoms with Crippen molar-refractivity contribution in [2.75, 3.05) is 18.5 Å². The fourth-order valence-electron chi connectivity index (χ4n) is 1.07. The van der Waals surface area contributed by atoms with Crippen molar-refractivity contribution in [2.24, 2.45) is 0 Å². The quantitative estimate of drug-likeness (QED) is 0.293. The molecule has 0 aromatic carbocycles. The summed E-state index contributed by atoms with van der Waals surface area (Å²) in [6.45, 7) is 2.33. The number of carbonyl (C=O) groups excluding carboxylic acids is 2. The summed E-state index contributed by atoms with van der Waals surface area (Å²) in [5.41, 5.74) is 0. The monoisotopic (exact) mass is 462 g/mol. The molecule has 0 amide bonds. The second-order valence-corrected chi connectivity index (χ2v) is 6.20. The van der Waals surface area contributed by atoms with E-state index in [4.69, 9.17) is 9.47 Å². The van der Waals surface area contributed by atoms with Crippen LogP contribution in [-0.4, -0.2) is 30.5 Å². The molecule has 0 saturated heterocycles. The number of alkyl halides is 1. The largest absolute Gasteiger partial charge is 0.460 e. The average Bonchev–Trinajstić information content (AvgIpc) is 2.41. The lowest BCUT2D eigenvalue weighted by Crippen LogP contribution is -2.09. The molecule has 110 valence electrons. The average molecular weight is 465 g/mol. The summed E-state index contributed by atoms with van der Waals surface area (Å²) in [6, 6.07) is 0. The second-order valence-electron chi connectivity index (χ2n) is 3.72. The molecule has 0 aromatic heterocycles. The van der Waals surface area contributed by atoms with Crippen molar-refractivity contribution in [3.8, 4) is 0 Å². The van der Waals surface area contributed by atoms with Crippen molar-refractivity contribution in [1.82, 2.24) is 0 Å². The molecule has 0 aliphatic rings. The van der Waals surface area contributed by atoms with Crippen molar-refractivity contribution in [2.45, 2.75) is 32.6 Å². The molecule has 19 heavy (non-hydrogen) atoms. The van der Waals surface area contributed by atoms with Gasteiger partial charge >= 0.3 is 11.9 Å². The van der Waals surface area contributed by atoms with Gasteiger partial charge in [-0.2, -0.15) is 0 Å². The Morgan fingerprint density at radius 2 is 1.47 bits per heavy atom. The van der Waals surface area contributed by atoms with Crippen molar-refractivity contribution in [3.63, 3.8) is 0 Å². The Balaban J connectivity index is 3.95. The van der Waals surface area contributed by atoms with Gasteiger partial charge in [-0.05, 0) is 6.42 Å². The molecule has 0 aliphatic heterocycles. The first-order chi connectivity index (χ1) is 9.01. The fraction of sp³-hybridized carbons (Fsp3) is 0.667. The van der Waals surface area contributed by atoms with E-state index < -0.39 is 0 Å². The van der Waals surface area contributed by atoms with Gasteiger partial charge in [0.05, 0.1) is 0 Å². The zero-order valence-electron chi connectivity index (χ0n) is 10.7. The molecule has 0 spiro atoms. The van der Waals surface area contributed by atoms with Gasteiger partial charge in [-0.15, -0.1) is 0 Å². The number of ether oxygens (including phenoxy) is 2. The van der Waals surface area contributed by atoms with E-state index in [9.17, 15) is 9.59 Å². The van der Waals surface area contributed by atoms with Crippen molar-refractivity contribution < 1.29 is 19.1 Å². The third-order valence-electron chi connectivity index (χ3n) is 2.11. The summed E-state index contributed by atoms with van der Waals surface area (Å²) in [4.78, 5) is 22.3. The summed E-state index contributed by atoms with van der Waals surface area (Å²) >= 11 is 9.54. The van der Waals surface area contributed by atoms with Crippen LogP contribution in [0.5, 0.6) is 0 Å². The van der Waals surface area contributed by atoms with E-state index in [2.05, 4.69) is 54.7 Å². The van der Waals surface area contributed by atoms with E-state index in [1.54, 1.807) is 0 Å². The predicted molar refractivity (Wildman–Crippen MR) is 84.7 cm³/mol. The van der Waals surface area contributed by atoms with Gasteiger partial charge in [-0.1, -0.05) is 67.6 Å². The number of rotatable bonds is 9. The molecule has 0 heterocycles. The van der Waals surface area contributed by atoms with Gasteiger partial charge in [0, 0.05) is 15.4 Å². The van der Waals surface area contributed by atoms with Crippen LogP contribution in [0, 0.1) is 0 Å². The highest BCUT2D eigenvalue weighted by Gasteiger charge is 2.08. The van der Waals surface area contributed by atoms with Gasteiger partial charge in [0.15, 0.2) is 0 Å². The number of unbranched alkanes of at least 4 members (excludes halogenated alkanes) is 2. The zero-order valence-corrected chi connectivity index (χ0v) is 15.5. The molecule has 0 aliphatic carbocycles. The first kappa shape index (κ1) is 19.1. The molecule has 4 nitrogen and oxygen atoms in total. The summed E-state index contributed by atoms with van der Waals surface area (Å²) in [5, 5.41) is 0.150. The first-order valence-electron chi connectivity index (χ1n) is 5.91. The Morgan fingerprint density at radius 3 is 1.95 bits per heavy atom. The van der Waals surface area contributed by atoms with E-state index in [1.807, 2.05) is 0 Å². The summed E-state index contributed by atoms with van der Waals surface area (Å²) < 4.78 is 11.3. The maximum Gasteiger partial charge on any atom is 0.316 e. The van der Waals surface area contributed by atoms with Crippen molar-refractivity contribution in [3.05, 3.63) is 8.96 Å². The summed E-state index contributed by atoms with van der Waals surface area (Å²) in [6.07, 6.45) is 3.38. The Morgan fingerprint density at radius 1 is 0.947 bits per heavy atom. The molecule has 0 bridgehead atoms. The Bertz CT molecular complexity index is 329. The second kappa shape index (κ2) is 11.9. The SMILES string of the molecule is CCCCCC(=O)OC/C(Br)=C(\Br)COC(=O)CBr. The normalized spacial score (nSPS) is 11.8. The van der Waals surface area contributed by atoms with Gasteiger partial charge in [-0.25, -0.2) is 0 Å². The van der Waals surface area contributed by atoms with Crippen molar-refractivity contribution >= 4 is 59.7 Å². The van der Waals surface area contributed by atoms with Crippen LogP contribution in [0.1, 0.15) is 32.6 Å². The third kappa shape index (κ3) is 10.6. The lowest BCUT2D eigenvalue weighted by atomic mass is 10.2. The minimum Gasteiger partial charge on any atom is -0.460 e. The van der Waals surface area contributed by atoms with Crippen LogP contribution in [0.2, 0.25) is 0 Å². The molecular formula is C12H17Br3O4. The van der Waals surface area contributed by atoms with Gasteiger partial charge in [0.2, 0.25) is 0 Å². The highest BCUT2D eigenvalue weighted by atomic mass is 79.9. The van der Waals surface area contributed by atoms with Crippen LogP contribution in [0.25, 0.3) is 0 Å². The summed E-state index contributed by atoms with van der Waals surface area (Å²) in [7, 11) is 0. The topological polar surface area (TPSA) is 52.6 Å². The van der Waals surface area contributed by atoms with E-state index in [1.165, 1.54) is 0 Å². The molecule has 0 fully saturated rings. The maximum absolute atomic E-state index is 11.4. The molecular weight excluding hydrogens is 448 g/mol.